The molecule has 0 fully saturated rings. The van der Waals surface area contributed by atoms with E-state index in [1.165, 1.54) is 31.4 Å². The normalized spacial score (nSPS) is 10.2. The lowest BCUT2D eigenvalue weighted by molar-refractivity contribution is -0.119. The van der Waals surface area contributed by atoms with Gasteiger partial charge in [0.25, 0.3) is 5.91 Å². The Balaban J connectivity index is 1.93. The minimum Gasteiger partial charge on any atom is -0.495 e. The lowest BCUT2D eigenvalue weighted by Crippen LogP contribution is -2.21. The molecule has 2 aromatic carbocycles. The first kappa shape index (κ1) is 18.4. The number of amides is 1. The van der Waals surface area contributed by atoms with Gasteiger partial charge in [0.15, 0.2) is 6.61 Å². The van der Waals surface area contributed by atoms with Crippen molar-refractivity contribution >= 4 is 52.4 Å². The number of hydrogen-bond donors (Lipinski definition) is 1. The molecule has 0 aliphatic carbocycles. The molecule has 0 aliphatic heterocycles. The quantitative estimate of drug-likeness (QED) is 0.769. The van der Waals surface area contributed by atoms with Gasteiger partial charge in [-0.05, 0) is 36.4 Å². The Kier molecular flexibility index (Phi) is 6.31. The molecule has 5 nitrogen and oxygen atoms in total. The van der Waals surface area contributed by atoms with Gasteiger partial charge >= 0.3 is 5.97 Å². The van der Waals surface area contributed by atoms with Crippen LogP contribution in [0.2, 0.25) is 15.1 Å². The van der Waals surface area contributed by atoms with Crippen molar-refractivity contribution < 1.29 is 19.1 Å². The van der Waals surface area contributed by atoms with Gasteiger partial charge < -0.3 is 14.8 Å². The highest BCUT2D eigenvalue weighted by Gasteiger charge is 2.14. The van der Waals surface area contributed by atoms with Gasteiger partial charge in [-0.2, -0.15) is 0 Å². The Bertz CT molecular complexity index is 780. The maximum Gasteiger partial charge on any atom is 0.340 e. The van der Waals surface area contributed by atoms with Crippen molar-refractivity contribution in [2.75, 3.05) is 19.0 Å². The summed E-state index contributed by atoms with van der Waals surface area (Å²) in [6.45, 7) is -0.471. The molecule has 0 heterocycles. The van der Waals surface area contributed by atoms with Crippen molar-refractivity contribution in [1.82, 2.24) is 0 Å². The third-order valence-corrected chi connectivity index (χ3v) is 3.76. The Morgan fingerprint density at radius 3 is 2.42 bits per heavy atom. The fraction of sp³-hybridized carbons (Fsp3) is 0.125. The standard InChI is InChI=1S/C16H12Cl3NO4/c1-23-14-5-3-10(7-13(14)19)20-15(21)8-24-16(22)11-4-2-9(17)6-12(11)18/h2-7H,8H2,1H3,(H,20,21). The molecule has 0 saturated heterocycles. The highest BCUT2D eigenvalue weighted by atomic mass is 35.5. The molecule has 8 heteroatoms. The van der Waals surface area contributed by atoms with E-state index in [0.29, 0.717) is 21.5 Å². The van der Waals surface area contributed by atoms with Gasteiger partial charge in [-0.25, -0.2) is 4.79 Å². The predicted octanol–water partition coefficient (Wildman–Crippen LogP) is 4.45. The molecule has 126 valence electrons. The first-order valence-electron chi connectivity index (χ1n) is 6.66. The number of esters is 1. The monoisotopic (exact) mass is 387 g/mol. The molecule has 1 N–H and O–H groups in total. The third kappa shape index (κ3) is 4.77. The van der Waals surface area contributed by atoms with Gasteiger partial charge in [0.05, 0.1) is 22.7 Å². The van der Waals surface area contributed by atoms with Crippen LogP contribution < -0.4 is 10.1 Å². The number of anilines is 1. The van der Waals surface area contributed by atoms with Crippen LogP contribution in [0, 0.1) is 0 Å². The van der Waals surface area contributed by atoms with E-state index in [0.717, 1.165) is 0 Å². The molecule has 0 atom stereocenters. The van der Waals surface area contributed by atoms with E-state index in [1.807, 2.05) is 0 Å². The van der Waals surface area contributed by atoms with Crippen molar-refractivity contribution in [3.05, 3.63) is 57.0 Å². The zero-order valence-corrected chi connectivity index (χ0v) is 14.7. The molecule has 1 amide bonds. The first-order chi connectivity index (χ1) is 11.4. The van der Waals surface area contributed by atoms with Gasteiger partial charge in [-0.1, -0.05) is 34.8 Å². The number of benzene rings is 2. The molecule has 0 aliphatic rings. The van der Waals surface area contributed by atoms with E-state index in [2.05, 4.69) is 5.32 Å². The number of carbonyl (C=O) groups excluding carboxylic acids is 2. The van der Waals surface area contributed by atoms with Crippen LogP contribution in [0.5, 0.6) is 5.75 Å². The van der Waals surface area contributed by atoms with E-state index < -0.39 is 18.5 Å². The average Bonchev–Trinajstić information content (AvgIpc) is 2.53. The van der Waals surface area contributed by atoms with E-state index >= 15 is 0 Å². The second-order valence-electron chi connectivity index (χ2n) is 4.60. The van der Waals surface area contributed by atoms with Crippen LogP contribution in [0.1, 0.15) is 10.4 Å². The summed E-state index contributed by atoms with van der Waals surface area (Å²) in [5.41, 5.74) is 0.577. The summed E-state index contributed by atoms with van der Waals surface area (Å²) in [6.07, 6.45) is 0. The number of ether oxygens (including phenoxy) is 2. The summed E-state index contributed by atoms with van der Waals surface area (Å²) in [5, 5.41) is 3.44. The molecule has 24 heavy (non-hydrogen) atoms. The molecule has 0 unspecified atom stereocenters. The molecule has 2 rings (SSSR count). The van der Waals surface area contributed by atoms with Crippen LogP contribution in [-0.2, 0) is 9.53 Å². The van der Waals surface area contributed by atoms with Crippen LogP contribution in [-0.4, -0.2) is 25.6 Å². The fourth-order valence-corrected chi connectivity index (χ4v) is 2.55. The summed E-state index contributed by atoms with van der Waals surface area (Å²) in [4.78, 5) is 23.7. The van der Waals surface area contributed by atoms with Crippen molar-refractivity contribution in [3.8, 4) is 5.75 Å². The first-order valence-corrected chi connectivity index (χ1v) is 7.79. The molecular weight excluding hydrogens is 377 g/mol. The van der Waals surface area contributed by atoms with Crippen LogP contribution in [0.25, 0.3) is 0 Å². The maximum atomic E-state index is 11.9. The molecule has 0 radical (unpaired) electrons. The molecule has 2 aromatic rings. The Morgan fingerprint density at radius 1 is 1.04 bits per heavy atom. The van der Waals surface area contributed by atoms with Gasteiger partial charge in [0, 0.05) is 10.7 Å². The maximum absolute atomic E-state index is 11.9. The third-order valence-electron chi connectivity index (χ3n) is 2.92. The van der Waals surface area contributed by atoms with E-state index in [9.17, 15) is 9.59 Å². The Morgan fingerprint density at radius 2 is 1.79 bits per heavy atom. The molecule has 0 spiro atoms. The number of methoxy groups -OCH3 is 1. The summed E-state index contributed by atoms with van der Waals surface area (Å²) in [5.74, 6) is -0.757. The number of carbonyl (C=O) groups is 2. The summed E-state index contributed by atoms with van der Waals surface area (Å²) >= 11 is 17.6. The van der Waals surface area contributed by atoms with E-state index in [-0.39, 0.29) is 10.6 Å². The molecular formula is C16H12Cl3NO4. The number of nitrogens with one attached hydrogen (secondary N) is 1. The second kappa shape index (κ2) is 8.24. The van der Waals surface area contributed by atoms with Crippen LogP contribution >= 0.6 is 34.8 Å². The van der Waals surface area contributed by atoms with E-state index in [1.54, 1.807) is 12.1 Å². The number of halogens is 3. The topological polar surface area (TPSA) is 64.6 Å². The zero-order chi connectivity index (χ0) is 17.7. The predicted molar refractivity (Wildman–Crippen MR) is 93.4 cm³/mol. The Hall–Kier alpha value is -1.95. The highest BCUT2D eigenvalue weighted by Crippen LogP contribution is 2.27. The van der Waals surface area contributed by atoms with Gasteiger partial charge in [0.1, 0.15) is 5.75 Å². The minimum atomic E-state index is -0.723. The molecule has 0 bridgehead atoms. The number of rotatable bonds is 5. The Labute approximate surface area is 153 Å². The summed E-state index contributed by atoms with van der Waals surface area (Å²) < 4.78 is 9.94. The van der Waals surface area contributed by atoms with Crippen LogP contribution in [0.4, 0.5) is 5.69 Å². The van der Waals surface area contributed by atoms with Crippen molar-refractivity contribution in [1.29, 1.82) is 0 Å². The van der Waals surface area contributed by atoms with Gasteiger partial charge in [-0.3, -0.25) is 4.79 Å². The largest absolute Gasteiger partial charge is 0.495 e. The van der Waals surface area contributed by atoms with Crippen LogP contribution in [0.3, 0.4) is 0 Å². The van der Waals surface area contributed by atoms with Crippen LogP contribution in [0.15, 0.2) is 36.4 Å². The zero-order valence-electron chi connectivity index (χ0n) is 12.4. The SMILES string of the molecule is COc1ccc(NC(=O)COC(=O)c2ccc(Cl)cc2Cl)cc1Cl. The second-order valence-corrected chi connectivity index (χ2v) is 5.85. The van der Waals surface area contributed by atoms with Crippen molar-refractivity contribution in [2.45, 2.75) is 0 Å². The van der Waals surface area contributed by atoms with Gasteiger partial charge in [0.2, 0.25) is 0 Å². The highest BCUT2D eigenvalue weighted by molar-refractivity contribution is 6.36. The van der Waals surface area contributed by atoms with Gasteiger partial charge in [-0.15, -0.1) is 0 Å². The molecule has 0 saturated carbocycles. The summed E-state index contributed by atoms with van der Waals surface area (Å²) in [7, 11) is 1.49. The number of hydrogen-bond acceptors (Lipinski definition) is 4. The average molecular weight is 389 g/mol. The lowest BCUT2D eigenvalue weighted by Gasteiger charge is -2.09. The fourth-order valence-electron chi connectivity index (χ4n) is 1.81. The minimum absolute atomic E-state index is 0.126. The molecule has 0 aromatic heterocycles. The lowest BCUT2D eigenvalue weighted by atomic mass is 10.2. The van der Waals surface area contributed by atoms with Crippen molar-refractivity contribution in [2.24, 2.45) is 0 Å². The van der Waals surface area contributed by atoms with Crippen molar-refractivity contribution in [3.63, 3.8) is 0 Å². The van der Waals surface area contributed by atoms with E-state index in [4.69, 9.17) is 44.3 Å². The smallest absolute Gasteiger partial charge is 0.340 e. The summed E-state index contributed by atoms with van der Waals surface area (Å²) in [6, 6.07) is 9.09.